The average Bonchev–Trinajstić information content (AvgIpc) is 2.55. The first-order valence-electron chi connectivity index (χ1n) is 7.76. The van der Waals surface area contributed by atoms with Crippen LogP contribution in [0.5, 0.6) is 0 Å². The van der Waals surface area contributed by atoms with Gasteiger partial charge in [0.15, 0.2) is 0 Å². The van der Waals surface area contributed by atoms with Crippen molar-refractivity contribution in [3.05, 3.63) is 34.9 Å². The predicted octanol–water partition coefficient (Wildman–Crippen LogP) is 3.07. The van der Waals surface area contributed by atoms with Crippen LogP contribution in [0.15, 0.2) is 24.3 Å². The molecule has 1 unspecified atom stereocenters. The topological polar surface area (TPSA) is 66.8 Å². The third kappa shape index (κ3) is 4.24. The second-order valence-corrected chi connectivity index (χ2v) is 6.46. The number of carboxylic acids is 1. The number of aliphatic carboxylic acids is 1. The summed E-state index contributed by atoms with van der Waals surface area (Å²) in [6.07, 6.45) is 2.47. The zero-order valence-electron chi connectivity index (χ0n) is 13.3. The van der Waals surface area contributed by atoms with E-state index in [4.69, 9.17) is 16.3 Å². The minimum absolute atomic E-state index is 0.140. The van der Waals surface area contributed by atoms with Gasteiger partial charge in [0.2, 0.25) is 0 Å². The van der Waals surface area contributed by atoms with Crippen LogP contribution in [0.1, 0.15) is 36.0 Å². The molecule has 1 amide bonds. The number of halogens is 1. The lowest BCUT2D eigenvalue weighted by Gasteiger charge is -2.40. The van der Waals surface area contributed by atoms with Crippen LogP contribution in [0.2, 0.25) is 5.02 Å². The molecule has 0 bridgehead atoms. The fourth-order valence-corrected chi connectivity index (χ4v) is 3.25. The molecule has 1 aromatic carbocycles. The largest absolute Gasteiger partial charge is 0.481 e. The van der Waals surface area contributed by atoms with Gasteiger partial charge >= 0.3 is 5.97 Å². The standard InChI is InChI=1S/C17H22ClNO4/c1-23-11-3-9-17(16(21)22)8-2-10-19(12-17)15(20)13-4-6-14(18)7-5-13/h4-7H,2-3,8-12H2,1H3,(H,21,22). The minimum Gasteiger partial charge on any atom is -0.481 e. The van der Waals surface area contributed by atoms with Crippen LogP contribution < -0.4 is 0 Å². The summed E-state index contributed by atoms with van der Waals surface area (Å²) < 4.78 is 5.03. The molecule has 5 nitrogen and oxygen atoms in total. The van der Waals surface area contributed by atoms with Crippen LogP contribution in [-0.4, -0.2) is 48.7 Å². The summed E-state index contributed by atoms with van der Waals surface area (Å²) in [5, 5.41) is 10.3. The van der Waals surface area contributed by atoms with Gasteiger partial charge in [0.05, 0.1) is 5.41 Å². The molecule has 6 heteroatoms. The van der Waals surface area contributed by atoms with Crippen molar-refractivity contribution in [1.82, 2.24) is 4.90 Å². The number of carbonyl (C=O) groups is 2. The Kier molecular flexibility index (Phi) is 6.02. The SMILES string of the molecule is COCCCC1(C(=O)O)CCCN(C(=O)c2ccc(Cl)cc2)C1. The number of nitrogens with zero attached hydrogens (tertiary/aromatic N) is 1. The molecule has 1 aliphatic heterocycles. The van der Waals surface area contributed by atoms with Crippen LogP contribution in [0.25, 0.3) is 0 Å². The minimum atomic E-state index is -0.876. The zero-order valence-corrected chi connectivity index (χ0v) is 14.0. The van der Waals surface area contributed by atoms with Gasteiger partial charge in [-0.05, 0) is 49.9 Å². The third-order valence-corrected chi connectivity index (χ3v) is 4.66. The molecule has 2 rings (SSSR count). The van der Waals surface area contributed by atoms with E-state index >= 15 is 0 Å². The van der Waals surface area contributed by atoms with Gasteiger partial charge in [-0.2, -0.15) is 0 Å². The van der Waals surface area contributed by atoms with Crippen LogP contribution in [0.4, 0.5) is 0 Å². The number of carbonyl (C=O) groups excluding carboxylic acids is 1. The van der Waals surface area contributed by atoms with Gasteiger partial charge < -0.3 is 14.7 Å². The smallest absolute Gasteiger partial charge is 0.311 e. The van der Waals surface area contributed by atoms with Gasteiger partial charge in [0.1, 0.15) is 0 Å². The Hall–Kier alpha value is -1.59. The molecular formula is C17H22ClNO4. The summed E-state index contributed by atoms with van der Waals surface area (Å²) in [6, 6.07) is 6.68. The van der Waals surface area contributed by atoms with Crippen LogP contribution >= 0.6 is 11.6 Å². The number of piperidine rings is 1. The molecule has 126 valence electrons. The molecule has 0 aliphatic carbocycles. The second kappa shape index (κ2) is 7.79. The van der Waals surface area contributed by atoms with Gasteiger partial charge in [0, 0.05) is 37.4 Å². The lowest BCUT2D eigenvalue weighted by atomic mass is 9.76. The molecule has 1 N–H and O–H groups in total. The summed E-state index contributed by atoms with van der Waals surface area (Å²) in [4.78, 5) is 26.1. The van der Waals surface area contributed by atoms with Gasteiger partial charge in [-0.1, -0.05) is 11.6 Å². The number of benzene rings is 1. The van der Waals surface area contributed by atoms with E-state index in [0.717, 1.165) is 0 Å². The number of likely N-dealkylation sites (tertiary alicyclic amines) is 1. The molecule has 1 aliphatic rings. The van der Waals surface area contributed by atoms with Gasteiger partial charge in [-0.3, -0.25) is 9.59 Å². The number of hydrogen-bond acceptors (Lipinski definition) is 3. The number of ether oxygens (including phenoxy) is 1. The van der Waals surface area contributed by atoms with E-state index in [0.29, 0.717) is 49.4 Å². The first-order chi connectivity index (χ1) is 11.0. The number of methoxy groups -OCH3 is 1. The molecule has 23 heavy (non-hydrogen) atoms. The van der Waals surface area contributed by atoms with Crippen LogP contribution in [0.3, 0.4) is 0 Å². The predicted molar refractivity (Wildman–Crippen MR) is 87.8 cm³/mol. The Morgan fingerprint density at radius 3 is 2.65 bits per heavy atom. The monoisotopic (exact) mass is 339 g/mol. The summed E-state index contributed by atoms with van der Waals surface area (Å²) in [7, 11) is 1.60. The quantitative estimate of drug-likeness (QED) is 0.809. The van der Waals surface area contributed by atoms with E-state index < -0.39 is 11.4 Å². The van der Waals surface area contributed by atoms with Gasteiger partial charge in [-0.25, -0.2) is 0 Å². The summed E-state index contributed by atoms with van der Waals surface area (Å²) >= 11 is 5.85. The van der Waals surface area contributed by atoms with Gasteiger partial charge in [0.25, 0.3) is 5.91 Å². The Balaban J connectivity index is 2.12. The van der Waals surface area contributed by atoms with Crippen molar-refractivity contribution >= 4 is 23.5 Å². The van der Waals surface area contributed by atoms with Gasteiger partial charge in [-0.15, -0.1) is 0 Å². The van der Waals surface area contributed by atoms with Crippen molar-refractivity contribution in [3.63, 3.8) is 0 Å². The van der Waals surface area contributed by atoms with Crippen LogP contribution in [-0.2, 0) is 9.53 Å². The molecule has 1 saturated heterocycles. The Morgan fingerprint density at radius 2 is 2.04 bits per heavy atom. The second-order valence-electron chi connectivity index (χ2n) is 6.02. The maximum atomic E-state index is 12.6. The highest BCUT2D eigenvalue weighted by molar-refractivity contribution is 6.30. The molecular weight excluding hydrogens is 318 g/mol. The fourth-order valence-electron chi connectivity index (χ4n) is 3.12. The van der Waals surface area contributed by atoms with Crippen molar-refractivity contribution in [2.45, 2.75) is 25.7 Å². The number of hydrogen-bond donors (Lipinski definition) is 1. The van der Waals surface area contributed by atoms with Crippen LogP contribution in [0, 0.1) is 5.41 Å². The maximum Gasteiger partial charge on any atom is 0.311 e. The average molecular weight is 340 g/mol. The Bertz CT molecular complexity index is 560. The highest BCUT2D eigenvalue weighted by Crippen LogP contribution is 2.35. The Morgan fingerprint density at radius 1 is 1.35 bits per heavy atom. The van der Waals surface area contributed by atoms with Crippen molar-refractivity contribution < 1.29 is 19.4 Å². The number of rotatable bonds is 6. The van der Waals surface area contributed by atoms with E-state index in [1.54, 1.807) is 36.3 Å². The normalized spacial score (nSPS) is 21.2. The molecule has 0 radical (unpaired) electrons. The summed E-state index contributed by atoms with van der Waals surface area (Å²) in [5.74, 6) is -0.971. The molecule has 1 fully saturated rings. The molecule has 0 spiro atoms. The molecule has 1 aromatic rings. The molecule has 0 aromatic heterocycles. The van der Waals surface area contributed by atoms with Crippen molar-refractivity contribution in [2.24, 2.45) is 5.41 Å². The maximum absolute atomic E-state index is 12.6. The van der Waals surface area contributed by atoms with Crippen molar-refractivity contribution in [2.75, 3.05) is 26.8 Å². The first kappa shape index (κ1) is 17.8. The highest BCUT2D eigenvalue weighted by atomic mass is 35.5. The third-order valence-electron chi connectivity index (χ3n) is 4.41. The van der Waals surface area contributed by atoms with E-state index in [1.165, 1.54) is 0 Å². The lowest BCUT2D eigenvalue weighted by molar-refractivity contribution is -0.152. The van der Waals surface area contributed by atoms with E-state index in [-0.39, 0.29) is 12.5 Å². The number of carboxylic acid groups (broad SMARTS) is 1. The molecule has 0 saturated carbocycles. The van der Waals surface area contributed by atoms with Crippen molar-refractivity contribution in [3.8, 4) is 0 Å². The number of amides is 1. The summed E-state index contributed by atoms with van der Waals surface area (Å²) in [5.41, 5.74) is -0.341. The van der Waals surface area contributed by atoms with Crippen molar-refractivity contribution in [1.29, 1.82) is 0 Å². The zero-order chi connectivity index (χ0) is 16.9. The first-order valence-corrected chi connectivity index (χ1v) is 8.13. The molecule has 1 heterocycles. The van der Waals surface area contributed by atoms with E-state index in [1.807, 2.05) is 0 Å². The molecule has 1 atom stereocenters. The fraction of sp³-hybridized carbons (Fsp3) is 0.529. The van der Waals surface area contributed by atoms with E-state index in [2.05, 4.69) is 0 Å². The summed E-state index contributed by atoms with van der Waals surface area (Å²) in [6.45, 7) is 1.36. The Labute approximate surface area is 141 Å². The van der Waals surface area contributed by atoms with E-state index in [9.17, 15) is 14.7 Å². The highest BCUT2D eigenvalue weighted by Gasteiger charge is 2.43. The lowest BCUT2D eigenvalue weighted by Crippen LogP contribution is -2.50.